The summed E-state index contributed by atoms with van der Waals surface area (Å²) in [5.74, 6) is 1.07. The zero-order valence-electron chi connectivity index (χ0n) is 21.9. The molecule has 1 aromatic rings. The summed E-state index contributed by atoms with van der Waals surface area (Å²) >= 11 is 0. The first-order valence-corrected chi connectivity index (χ1v) is 12.8. The first-order chi connectivity index (χ1) is 16.4. The predicted octanol–water partition coefficient (Wildman–Crippen LogP) is 4.55. The van der Waals surface area contributed by atoms with E-state index in [0.29, 0.717) is 17.6 Å². The molecule has 35 heavy (non-hydrogen) atoms. The Balaban J connectivity index is 1.82. The molecule has 0 bridgehead atoms. The standard InChI is InChI=1S/C28H40O7/c1-12(2)10-18-11-14(4)19-9-8-13(3)20-22(19)21(18)15(5)26(24(20)31)35-28-25(32)27(34-17(7)29)23(30)16(6)33-28/h10,13-14,16,18-19,23,25,27-28,30-32H,8-9,11H2,1-7H3/t13-,14-,16?,18+,19+,23+,25?,27?,28-/m0/s1. The number of benzene rings is 1. The van der Waals surface area contributed by atoms with Crippen molar-refractivity contribution in [1.29, 1.82) is 0 Å². The van der Waals surface area contributed by atoms with Crippen LogP contribution in [0.15, 0.2) is 11.6 Å². The van der Waals surface area contributed by atoms with Gasteiger partial charge in [0.2, 0.25) is 6.29 Å². The smallest absolute Gasteiger partial charge is 0.303 e. The van der Waals surface area contributed by atoms with Crippen molar-refractivity contribution in [3.63, 3.8) is 0 Å². The highest BCUT2D eigenvalue weighted by molar-refractivity contribution is 5.66. The average Bonchev–Trinajstić information content (AvgIpc) is 2.76. The van der Waals surface area contributed by atoms with E-state index in [1.54, 1.807) is 6.92 Å². The largest absolute Gasteiger partial charge is 0.504 e. The van der Waals surface area contributed by atoms with E-state index in [2.05, 4.69) is 33.8 Å². The Labute approximate surface area is 208 Å². The first kappa shape index (κ1) is 26.0. The molecule has 1 aliphatic heterocycles. The molecule has 0 saturated carbocycles. The summed E-state index contributed by atoms with van der Waals surface area (Å²) in [5, 5.41) is 32.9. The molecule has 3 unspecified atom stereocenters. The molecule has 4 rings (SSSR count). The van der Waals surface area contributed by atoms with Crippen molar-refractivity contribution in [1.82, 2.24) is 0 Å². The van der Waals surface area contributed by atoms with Gasteiger partial charge < -0.3 is 29.5 Å². The third-order valence-corrected chi connectivity index (χ3v) is 8.11. The van der Waals surface area contributed by atoms with Crippen LogP contribution in [0.25, 0.3) is 0 Å². The quantitative estimate of drug-likeness (QED) is 0.422. The fourth-order valence-electron chi connectivity index (χ4n) is 6.48. The third-order valence-electron chi connectivity index (χ3n) is 8.11. The van der Waals surface area contributed by atoms with Crippen LogP contribution in [0.2, 0.25) is 0 Å². The zero-order valence-corrected chi connectivity index (χ0v) is 21.9. The molecule has 2 aliphatic carbocycles. The average molecular weight is 489 g/mol. The molecular weight excluding hydrogens is 448 g/mol. The van der Waals surface area contributed by atoms with Gasteiger partial charge in [0, 0.05) is 18.4 Å². The lowest BCUT2D eigenvalue weighted by Crippen LogP contribution is -2.59. The molecule has 0 amide bonds. The first-order valence-electron chi connectivity index (χ1n) is 12.8. The van der Waals surface area contributed by atoms with E-state index in [9.17, 15) is 20.1 Å². The van der Waals surface area contributed by atoms with Crippen LogP contribution >= 0.6 is 0 Å². The molecule has 0 radical (unpaired) electrons. The number of carbonyl (C=O) groups excluding carboxylic acids is 1. The molecule has 0 spiro atoms. The number of allylic oxidation sites excluding steroid dienone is 2. The lowest BCUT2D eigenvalue weighted by Gasteiger charge is -2.44. The maximum absolute atomic E-state index is 11.6. The summed E-state index contributed by atoms with van der Waals surface area (Å²) in [4.78, 5) is 11.6. The number of aromatic hydroxyl groups is 1. The highest BCUT2D eigenvalue weighted by atomic mass is 16.7. The summed E-state index contributed by atoms with van der Waals surface area (Å²) in [7, 11) is 0. The van der Waals surface area contributed by atoms with E-state index >= 15 is 0 Å². The second kappa shape index (κ2) is 9.75. The van der Waals surface area contributed by atoms with E-state index in [1.165, 1.54) is 23.6 Å². The number of aliphatic hydroxyl groups excluding tert-OH is 2. The second-order valence-electron chi connectivity index (χ2n) is 11.1. The van der Waals surface area contributed by atoms with Gasteiger partial charge in [-0.2, -0.15) is 0 Å². The molecular formula is C28H40O7. The number of phenolic OH excluding ortho intramolecular Hbond substituents is 1. The lowest BCUT2D eigenvalue weighted by atomic mass is 9.62. The van der Waals surface area contributed by atoms with Crippen LogP contribution in [0.5, 0.6) is 11.5 Å². The van der Waals surface area contributed by atoms with Crippen molar-refractivity contribution < 1.29 is 34.3 Å². The highest BCUT2D eigenvalue weighted by Gasteiger charge is 2.47. The number of hydrogen-bond donors (Lipinski definition) is 3. The van der Waals surface area contributed by atoms with Crippen LogP contribution < -0.4 is 4.74 Å². The summed E-state index contributed by atoms with van der Waals surface area (Å²) in [6, 6.07) is 0. The van der Waals surface area contributed by atoms with Crippen LogP contribution in [-0.2, 0) is 14.3 Å². The molecule has 0 aromatic heterocycles. The molecule has 7 heteroatoms. The molecule has 7 nitrogen and oxygen atoms in total. The normalized spacial score (nSPS) is 36.2. The van der Waals surface area contributed by atoms with E-state index in [-0.39, 0.29) is 17.6 Å². The maximum Gasteiger partial charge on any atom is 0.303 e. The summed E-state index contributed by atoms with van der Waals surface area (Å²) in [6.45, 7) is 13.5. The van der Waals surface area contributed by atoms with Crippen molar-refractivity contribution >= 4 is 5.97 Å². The van der Waals surface area contributed by atoms with Crippen LogP contribution in [0, 0.1) is 12.8 Å². The van der Waals surface area contributed by atoms with Gasteiger partial charge in [0.05, 0.1) is 6.10 Å². The number of esters is 1. The van der Waals surface area contributed by atoms with Crippen molar-refractivity contribution in [3.05, 3.63) is 33.9 Å². The molecule has 3 aliphatic rings. The Bertz CT molecular complexity index is 1010. The number of phenols is 1. The molecule has 1 saturated heterocycles. The van der Waals surface area contributed by atoms with Crippen molar-refractivity contribution in [2.75, 3.05) is 0 Å². The minimum atomic E-state index is -1.42. The van der Waals surface area contributed by atoms with Crippen LogP contribution in [0.4, 0.5) is 0 Å². The van der Waals surface area contributed by atoms with Gasteiger partial charge in [-0.3, -0.25) is 4.79 Å². The maximum atomic E-state index is 11.6. The fourth-order valence-corrected chi connectivity index (χ4v) is 6.48. The minimum absolute atomic E-state index is 0.0992. The van der Waals surface area contributed by atoms with Crippen molar-refractivity contribution in [3.8, 4) is 11.5 Å². The Hall–Kier alpha value is -2.09. The van der Waals surface area contributed by atoms with E-state index in [1.807, 2.05) is 6.92 Å². The highest BCUT2D eigenvalue weighted by Crippen LogP contribution is 2.58. The van der Waals surface area contributed by atoms with Gasteiger partial charge in [-0.15, -0.1) is 0 Å². The Kier molecular flexibility index (Phi) is 7.24. The predicted molar refractivity (Wildman–Crippen MR) is 132 cm³/mol. The zero-order chi connectivity index (χ0) is 25.8. The van der Waals surface area contributed by atoms with Gasteiger partial charge in [-0.1, -0.05) is 25.5 Å². The molecule has 1 aromatic carbocycles. The number of aliphatic hydroxyl groups is 2. The van der Waals surface area contributed by atoms with Gasteiger partial charge in [-0.25, -0.2) is 0 Å². The molecule has 1 fully saturated rings. The monoisotopic (exact) mass is 488 g/mol. The molecule has 194 valence electrons. The Morgan fingerprint density at radius 1 is 1.03 bits per heavy atom. The van der Waals surface area contributed by atoms with Crippen molar-refractivity contribution in [2.45, 2.75) is 116 Å². The number of ether oxygens (including phenoxy) is 3. The number of hydrogen-bond acceptors (Lipinski definition) is 7. The molecule has 1 heterocycles. The fraction of sp³-hybridized carbons (Fsp3) is 0.679. The SMILES string of the molecule is CC(=O)OC1C(O)[C@H](Oc2c(C)c3c4c(c2O)[C@@H](C)CC[C@@H]4[C@@H](C)C[C@H]3C=C(C)C)OC(C)[C@H]1O. The van der Waals surface area contributed by atoms with Gasteiger partial charge in [-0.05, 0) is 81.4 Å². The van der Waals surface area contributed by atoms with E-state index < -0.39 is 36.7 Å². The summed E-state index contributed by atoms with van der Waals surface area (Å²) in [6.07, 6.45) is -0.341. The van der Waals surface area contributed by atoms with Crippen LogP contribution in [-0.4, -0.2) is 52.0 Å². The van der Waals surface area contributed by atoms with Gasteiger partial charge in [0.1, 0.15) is 6.10 Å². The number of rotatable bonds is 4. The second-order valence-corrected chi connectivity index (χ2v) is 11.1. The van der Waals surface area contributed by atoms with Gasteiger partial charge >= 0.3 is 5.97 Å². The summed E-state index contributed by atoms with van der Waals surface area (Å²) < 4.78 is 17.2. The lowest BCUT2D eigenvalue weighted by molar-refractivity contribution is -0.272. The molecule has 9 atom stereocenters. The van der Waals surface area contributed by atoms with Crippen LogP contribution in [0.1, 0.15) is 101 Å². The Morgan fingerprint density at radius 3 is 2.34 bits per heavy atom. The van der Waals surface area contributed by atoms with Gasteiger partial charge in [0.15, 0.2) is 23.7 Å². The van der Waals surface area contributed by atoms with Crippen LogP contribution in [0.3, 0.4) is 0 Å². The van der Waals surface area contributed by atoms with E-state index in [0.717, 1.165) is 30.4 Å². The minimum Gasteiger partial charge on any atom is -0.504 e. The Morgan fingerprint density at radius 2 is 1.71 bits per heavy atom. The third kappa shape index (κ3) is 4.58. The van der Waals surface area contributed by atoms with E-state index in [4.69, 9.17) is 14.2 Å². The number of carbonyl (C=O) groups is 1. The van der Waals surface area contributed by atoms with Crippen molar-refractivity contribution in [2.24, 2.45) is 5.92 Å². The van der Waals surface area contributed by atoms with Gasteiger partial charge in [0.25, 0.3) is 0 Å². The summed E-state index contributed by atoms with van der Waals surface area (Å²) in [5.41, 5.74) is 5.49. The molecule has 3 N–H and O–H groups in total. The topological polar surface area (TPSA) is 105 Å².